The van der Waals surface area contributed by atoms with Crippen LogP contribution in [0.2, 0.25) is 0 Å². The molecule has 16 N–H and O–H groups in total. The summed E-state index contributed by atoms with van der Waals surface area (Å²) in [6, 6.07) is -2.86. The van der Waals surface area contributed by atoms with E-state index in [0.717, 1.165) is 0 Å². The Labute approximate surface area is 657 Å². The van der Waals surface area contributed by atoms with Crippen LogP contribution in [-0.4, -0.2) is 365 Å². The van der Waals surface area contributed by atoms with Crippen LogP contribution in [-0.2, 0) is 91.5 Å². The normalized spacial score (nSPS) is 18.3. The second-order valence-electron chi connectivity index (χ2n) is 29.2. The molecule has 2 aliphatic heterocycles. The molecule has 0 aliphatic carbocycles. The fraction of sp³-hybridized carbons (Fsp3) is 0.685. The highest BCUT2D eigenvalue weighted by Gasteiger charge is 2.36. The molecule has 0 bridgehead atoms. The number of carboxylic acids is 8. The molecule has 0 spiro atoms. The smallest absolute Gasteiger partial charge is 0.320 e. The molecule has 4 rings (SSSR count). The Morgan fingerprint density at radius 2 is 0.903 bits per heavy atom. The number of carbonyl (C=O) groups excluding carboxylic acids is 6. The predicted octanol–water partition coefficient (Wildman–Crippen LogP) is -2.57. The Balaban J connectivity index is 1.53. The topological polar surface area (TPSA) is 549 Å². The van der Waals surface area contributed by atoms with Crippen LogP contribution in [0, 0.1) is 11.8 Å². The zero-order valence-corrected chi connectivity index (χ0v) is 66.0. The van der Waals surface area contributed by atoms with Gasteiger partial charge in [-0.25, -0.2) is 4.98 Å². The number of aromatic nitrogens is 2. The van der Waals surface area contributed by atoms with E-state index >= 15 is 0 Å². The van der Waals surface area contributed by atoms with Gasteiger partial charge in [-0.3, -0.25) is 111 Å². The molecule has 0 radical (unpaired) electrons. The lowest BCUT2D eigenvalue weighted by molar-refractivity contribution is -0.147. The summed E-state index contributed by atoms with van der Waals surface area (Å²) in [4.78, 5) is 206. The molecule has 40 heteroatoms. The molecular formula is C73H119N17O23. The third-order valence-corrected chi connectivity index (χ3v) is 20.2. The molecule has 6 amide bonds. The molecule has 6 unspecified atom stereocenters. The first-order valence-electron chi connectivity index (χ1n) is 38.2. The molecular weight excluding hydrogens is 1480 g/mol. The third-order valence-electron chi connectivity index (χ3n) is 20.2. The van der Waals surface area contributed by atoms with Gasteiger partial charge in [0, 0.05) is 162 Å². The van der Waals surface area contributed by atoms with Gasteiger partial charge in [0.1, 0.15) is 48.3 Å². The van der Waals surface area contributed by atoms with Crippen LogP contribution in [0.5, 0.6) is 0 Å². The minimum absolute atomic E-state index is 0.00646. The van der Waals surface area contributed by atoms with Crippen molar-refractivity contribution in [3.8, 4) is 0 Å². The van der Waals surface area contributed by atoms with Gasteiger partial charge in [-0.05, 0) is 69.4 Å². The van der Waals surface area contributed by atoms with Crippen molar-refractivity contribution < 1.29 is 113 Å². The number of carboxylic acid groups (broad SMARTS) is 8. The molecule has 2 aromatic rings. The lowest BCUT2D eigenvalue weighted by Gasteiger charge is -2.38. The Bertz CT molecular complexity index is 3340. The zero-order chi connectivity index (χ0) is 84.0. The number of nitrogens with zero attached hydrogens (tertiary/aromatic N) is 9. The lowest BCUT2D eigenvalue weighted by atomic mass is 9.96. The average Bonchev–Trinajstić information content (AvgIpc) is 1.52. The van der Waals surface area contributed by atoms with Gasteiger partial charge in [0.2, 0.25) is 35.4 Å². The Morgan fingerprint density at radius 1 is 0.478 bits per heavy atom. The van der Waals surface area contributed by atoms with Crippen LogP contribution in [0.1, 0.15) is 117 Å². The minimum Gasteiger partial charge on any atom is -0.480 e. The Kier molecular flexibility index (Phi) is 42.4. The molecule has 40 nitrogen and oxygen atoms in total. The summed E-state index contributed by atoms with van der Waals surface area (Å²) >= 11 is 0. The summed E-state index contributed by atoms with van der Waals surface area (Å²) in [6.07, 6.45) is 2.47. The number of carbonyl (C=O) groups is 14. The van der Waals surface area contributed by atoms with Crippen LogP contribution < -0.4 is 37.4 Å². The van der Waals surface area contributed by atoms with E-state index in [4.69, 9.17) is 4.84 Å². The molecule has 113 heavy (non-hydrogen) atoms. The van der Waals surface area contributed by atoms with Crippen LogP contribution in [0.25, 0.3) is 0 Å². The standard InChI is InChI=1S/C73H119N17O23/c1-9-47(4)65(82-67(101)57(79-51(8)91)37-55-40-74-45-77-55)68(102)81-56(36-46(2)3)66(100)76-38-52-10-12-53(13-11-52)39-78-113-44-54(18-19-75-60(92)16-14-58(72(109)110)89-26-24-84(42-63(96)97)22-20-83(41-62(94)95)21-23-85(25-27-89)43-64(98)99)80-61(93)17-15-59(73(111)112)90-34-32-87(49(6)70(105)106)30-28-86(48(5)69(103)104)29-31-88(33-35-90)50(7)71(107)108/h10-13,40,45-50,54,56-59,65,78H,9,14-39,41-44H2,1-8H3,(H,74,77)(H,75,92)(H,76,100)(H,79,91)(H,80,93)(H,81,102)(H,82,101)(H,94,95)(H,96,97)(H,98,99)(H,103,104)(H,105,106)(H,107,108)(H,109,110)(H,111,112)/t47?,48?,49?,50?,54-,56-,57-,58?,59?,65-/m0/s1. The summed E-state index contributed by atoms with van der Waals surface area (Å²) < 4.78 is 0. The number of H-pyrrole nitrogens is 1. The number of aromatic amines is 1. The van der Waals surface area contributed by atoms with Gasteiger partial charge in [-0.1, -0.05) is 58.4 Å². The highest BCUT2D eigenvalue weighted by molar-refractivity contribution is 5.94. The molecule has 1 aromatic carbocycles. The van der Waals surface area contributed by atoms with Crippen LogP contribution >= 0.6 is 0 Å². The van der Waals surface area contributed by atoms with E-state index in [-0.39, 0.29) is 188 Å². The van der Waals surface area contributed by atoms with E-state index < -0.39 is 157 Å². The maximum absolute atomic E-state index is 14.1. The van der Waals surface area contributed by atoms with E-state index in [2.05, 4.69) is 47.3 Å². The fourth-order valence-corrected chi connectivity index (χ4v) is 13.1. The number of nitrogens with one attached hydrogen (secondary N) is 8. The van der Waals surface area contributed by atoms with Crippen LogP contribution in [0.4, 0.5) is 0 Å². The van der Waals surface area contributed by atoms with E-state index in [1.54, 1.807) is 50.8 Å². The maximum Gasteiger partial charge on any atom is 0.320 e. The first-order valence-corrected chi connectivity index (χ1v) is 38.2. The number of aliphatic carboxylic acids is 8. The second-order valence-corrected chi connectivity index (χ2v) is 29.2. The molecule has 0 saturated carbocycles. The van der Waals surface area contributed by atoms with Crippen molar-refractivity contribution in [3.63, 3.8) is 0 Å². The van der Waals surface area contributed by atoms with Crippen molar-refractivity contribution >= 4 is 83.2 Å². The predicted molar refractivity (Wildman–Crippen MR) is 406 cm³/mol. The van der Waals surface area contributed by atoms with Gasteiger partial charge in [-0.2, -0.15) is 5.48 Å². The summed E-state index contributed by atoms with van der Waals surface area (Å²) in [5.74, 6) is -13.5. The number of hydrogen-bond acceptors (Lipinski definition) is 25. The zero-order valence-electron chi connectivity index (χ0n) is 66.0. The fourth-order valence-electron chi connectivity index (χ4n) is 13.1. The number of hydroxylamine groups is 1. The summed E-state index contributed by atoms with van der Waals surface area (Å²) in [7, 11) is 0. The van der Waals surface area contributed by atoms with Gasteiger partial charge in [0.25, 0.3) is 0 Å². The highest BCUT2D eigenvalue weighted by atomic mass is 16.6. The van der Waals surface area contributed by atoms with Crippen LogP contribution in [0.3, 0.4) is 0 Å². The molecule has 3 heterocycles. The third kappa shape index (κ3) is 36.1. The number of hydrogen-bond donors (Lipinski definition) is 16. The largest absolute Gasteiger partial charge is 0.480 e. The SMILES string of the molecule is CCC(C)[C@H](NC(=O)[C@H](Cc1cnc[nH]1)NC(C)=O)C(=O)N[C@@H](CC(C)C)C(=O)NCc1ccc(CNOC[C@H](CCNC(=O)CCC(C(=O)O)N2CCN(CC(=O)O)CCN(CC(=O)O)CCN(CC(=O)O)CC2)NC(=O)CCC(C(=O)O)N2CCN(C(C)C(=O)O)CCN(C(C)C(=O)O)CCN(C(C)C(=O)O)CC2)cc1. The molecule has 10 atom stereocenters. The van der Waals surface area contributed by atoms with Gasteiger partial charge >= 0.3 is 47.8 Å². The quantitative estimate of drug-likeness (QED) is 0.0239. The van der Waals surface area contributed by atoms with Crippen LogP contribution in [0.15, 0.2) is 36.8 Å². The minimum atomic E-state index is -1.38. The van der Waals surface area contributed by atoms with Gasteiger partial charge in [0.15, 0.2) is 0 Å². The van der Waals surface area contributed by atoms with Gasteiger partial charge in [0.05, 0.1) is 38.6 Å². The van der Waals surface area contributed by atoms with Gasteiger partial charge in [-0.15, -0.1) is 0 Å². The van der Waals surface area contributed by atoms with Crippen molar-refractivity contribution in [1.82, 2.24) is 86.5 Å². The monoisotopic (exact) mass is 1600 g/mol. The Hall–Kier alpha value is -9.39. The first-order chi connectivity index (χ1) is 53.4. The summed E-state index contributed by atoms with van der Waals surface area (Å²) in [5.41, 5.74) is 4.82. The molecule has 2 saturated heterocycles. The number of amides is 6. The van der Waals surface area contributed by atoms with Gasteiger partial charge < -0.3 is 77.7 Å². The molecule has 2 aliphatic rings. The van der Waals surface area contributed by atoms with Crippen molar-refractivity contribution in [1.29, 1.82) is 0 Å². The van der Waals surface area contributed by atoms with E-state index in [1.807, 2.05) is 20.8 Å². The Morgan fingerprint density at radius 3 is 1.30 bits per heavy atom. The summed E-state index contributed by atoms with van der Waals surface area (Å²) in [6.45, 7) is 12.0. The average molecular weight is 1600 g/mol. The lowest BCUT2D eigenvalue weighted by Crippen LogP contribution is -2.58. The molecule has 1 aromatic heterocycles. The van der Waals surface area contributed by atoms with E-state index in [1.165, 1.54) is 59.8 Å². The van der Waals surface area contributed by atoms with Crippen molar-refractivity contribution in [2.45, 2.75) is 174 Å². The van der Waals surface area contributed by atoms with E-state index in [9.17, 15) is 108 Å². The molecule has 2 fully saturated rings. The first kappa shape index (κ1) is 96.0. The summed E-state index contributed by atoms with van der Waals surface area (Å²) in [5, 5.41) is 97.4. The van der Waals surface area contributed by atoms with Crippen molar-refractivity contribution in [2.24, 2.45) is 11.8 Å². The maximum atomic E-state index is 14.1. The van der Waals surface area contributed by atoms with Crippen molar-refractivity contribution in [3.05, 3.63) is 53.6 Å². The number of imidazole rings is 1. The second kappa shape index (κ2) is 50.0. The highest BCUT2D eigenvalue weighted by Crippen LogP contribution is 2.18. The number of benzene rings is 1. The number of rotatable bonds is 45. The molecule has 634 valence electrons. The van der Waals surface area contributed by atoms with E-state index in [0.29, 0.717) is 23.2 Å². The van der Waals surface area contributed by atoms with Crippen molar-refractivity contribution in [2.75, 3.05) is 138 Å².